The van der Waals surface area contributed by atoms with Gasteiger partial charge in [-0.1, -0.05) is 12.1 Å². The first kappa shape index (κ1) is 28.0. The molecule has 0 spiro atoms. The molecule has 0 saturated heterocycles. The summed E-state index contributed by atoms with van der Waals surface area (Å²) in [6.45, 7) is 0. The Labute approximate surface area is 181 Å². The van der Waals surface area contributed by atoms with E-state index >= 15 is 0 Å². The third-order valence-corrected chi connectivity index (χ3v) is 3.88. The third-order valence-electron chi connectivity index (χ3n) is 3.05. The van der Waals surface area contributed by atoms with Gasteiger partial charge in [0, 0.05) is 24.8 Å². The number of carbonyl (C=O) groups is 1. The van der Waals surface area contributed by atoms with Crippen molar-refractivity contribution < 1.29 is 33.8 Å². The molecule has 5 N–H and O–H groups in total. The van der Waals surface area contributed by atoms with Gasteiger partial charge in [-0.05, 0) is 53.1 Å². The van der Waals surface area contributed by atoms with Gasteiger partial charge in [0.1, 0.15) is 10.1 Å². The average molecular weight is 601 g/mol. The summed E-state index contributed by atoms with van der Waals surface area (Å²) >= 11 is 0. The Kier molecular flexibility index (Phi) is 13.0. The van der Waals surface area contributed by atoms with Gasteiger partial charge in [-0.15, -0.1) is 0 Å². The topological polar surface area (TPSA) is 188 Å². The molecule has 2 aromatic heterocycles. The molecule has 28 heavy (non-hydrogen) atoms. The van der Waals surface area contributed by atoms with E-state index in [0.717, 1.165) is 24.3 Å². The number of pyridine rings is 2. The van der Waals surface area contributed by atoms with Crippen molar-refractivity contribution in [2.45, 2.75) is 4.90 Å². The van der Waals surface area contributed by atoms with E-state index in [0.29, 0.717) is 0 Å². The molecule has 0 aliphatic carbocycles. The van der Waals surface area contributed by atoms with Crippen LogP contribution in [0.5, 0.6) is 0 Å². The van der Waals surface area contributed by atoms with Gasteiger partial charge in [-0.2, -0.15) is 0 Å². The SMILES string of the molecule is O.O=C([O-])c1cccc(S(=O)(=O)[O-])c1.[OH3+].[Pb+2].c1cc(-c2ccncc2)ccn1. The maximum absolute atomic E-state index is 10.4. The van der Waals surface area contributed by atoms with E-state index < -0.39 is 21.0 Å². The number of nitrogens with zero attached hydrogens (tertiary/aromatic N) is 2. The Morgan fingerprint density at radius 3 is 1.64 bits per heavy atom. The Balaban J connectivity index is 0. The predicted molar refractivity (Wildman–Crippen MR) is 100 cm³/mol. The summed E-state index contributed by atoms with van der Waals surface area (Å²) in [5, 5.41) is 10.3. The van der Waals surface area contributed by atoms with Crippen LogP contribution in [0.25, 0.3) is 11.1 Å². The van der Waals surface area contributed by atoms with Crippen LogP contribution >= 0.6 is 0 Å². The van der Waals surface area contributed by atoms with E-state index in [4.69, 9.17) is 0 Å². The molecule has 2 heterocycles. The van der Waals surface area contributed by atoms with Crippen molar-refractivity contribution in [1.82, 2.24) is 9.97 Å². The van der Waals surface area contributed by atoms with Crippen molar-refractivity contribution in [3.63, 3.8) is 0 Å². The first-order valence-electron chi connectivity index (χ1n) is 6.95. The summed E-state index contributed by atoms with van der Waals surface area (Å²) in [5.41, 5.74) is 2.01. The first-order valence-corrected chi connectivity index (χ1v) is 8.36. The van der Waals surface area contributed by atoms with E-state index in [1.165, 1.54) is 11.1 Å². The number of aromatic nitrogens is 2. The molecule has 2 radical (unpaired) electrons. The molecule has 0 fully saturated rings. The van der Waals surface area contributed by atoms with E-state index in [2.05, 4.69) is 9.97 Å². The van der Waals surface area contributed by atoms with E-state index in [9.17, 15) is 22.9 Å². The molecule has 3 aromatic rings. The quantitative estimate of drug-likeness (QED) is 0.209. The molecule has 0 unspecified atom stereocenters. The second-order valence-corrected chi connectivity index (χ2v) is 6.12. The smallest absolute Gasteiger partial charge is 0.744 e. The number of hydrogen-bond donors (Lipinski definition) is 0. The average Bonchev–Trinajstić information content (AvgIpc) is 2.63. The van der Waals surface area contributed by atoms with Gasteiger partial charge in [0.2, 0.25) is 0 Å². The molecule has 0 aliphatic rings. The Hall–Kier alpha value is -2.26. The van der Waals surface area contributed by atoms with Gasteiger partial charge < -0.3 is 25.4 Å². The van der Waals surface area contributed by atoms with Crippen LogP contribution in [0, 0.1) is 0 Å². The zero-order valence-electron chi connectivity index (χ0n) is 14.3. The van der Waals surface area contributed by atoms with E-state index in [1.54, 1.807) is 24.8 Å². The summed E-state index contributed by atoms with van der Waals surface area (Å²) in [6, 6.07) is 12.0. The zero-order chi connectivity index (χ0) is 18.3. The third kappa shape index (κ3) is 8.62. The molecule has 146 valence electrons. The molecule has 0 saturated carbocycles. The minimum absolute atomic E-state index is 0. The summed E-state index contributed by atoms with van der Waals surface area (Å²) in [4.78, 5) is 17.6. The zero-order valence-corrected chi connectivity index (χ0v) is 19.1. The monoisotopic (exact) mass is 601 g/mol. The molecular weight excluding hydrogens is 583 g/mol. The standard InChI is InChI=1S/C10H8N2.C7H6O5S.2H2O.Pb/c1-5-11-6-2-9(1)10-3-7-12-8-4-10;8-7(9)5-2-1-3-6(4-5)13(10,11)12;;;/h1-8H;1-4H,(H,8,9)(H,10,11,12);2*1H2;/q;;;;+2/p-1. The fourth-order valence-corrected chi connectivity index (χ4v) is 2.38. The normalized spacial score (nSPS) is 9.32. The van der Waals surface area contributed by atoms with Gasteiger partial charge in [0.15, 0.2) is 0 Å². The van der Waals surface area contributed by atoms with Gasteiger partial charge in [-0.25, -0.2) is 8.42 Å². The largest absolute Gasteiger partial charge is 2.00 e. The van der Waals surface area contributed by atoms with Gasteiger partial charge in [0.25, 0.3) is 0 Å². The molecule has 0 atom stereocenters. The molecule has 0 aliphatic heterocycles. The van der Waals surface area contributed by atoms with Crippen LogP contribution in [0.3, 0.4) is 0 Å². The number of carboxylic acid groups (broad SMARTS) is 1. The second kappa shape index (κ2) is 13.0. The molecule has 0 bridgehead atoms. The summed E-state index contributed by atoms with van der Waals surface area (Å²) < 4.78 is 31.3. The Morgan fingerprint density at radius 2 is 1.29 bits per heavy atom. The molecule has 9 nitrogen and oxygen atoms in total. The van der Waals surface area contributed by atoms with Crippen molar-refractivity contribution >= 4 is 43.4 Å². The number of benzene rings is 1. The maximum Gasteiger partial charge on any atom is 2.00 e. The van der Waals surface area contributed by atoms with E-state index in [1.807, 2.05) is 24.3 Å². The second-order valence-electron chi connectivity index (χ2n) is 4.74. The summed E-state index contributed by atoms with van der Waals surface area (Å²) in [7, 11) is -4.60. The van der Waals surface area contributed by atoms with Crippen LogP contribution in [0.1, 0.15) is 10.4 Å². The first-order chi connectivity index (χ1) is 11.9. The number of hydrogen-bond acceptors (Lipinski definition) is 7. The summed E-state index contributed by atoms with van der Waals surface area (Å²) in [6.07, 6.45) is 7.15. The molecular formula is C17H17N2O7PbS+. The van der Waals surface area contributed by atoms with Gasteiger partial charge in [-0.3, -0.25) is 9.97 Å². The van der Waals surface area contributed by atoms with E-state index in [-0.39, 0.29) is 43.8 Å². The van der Waals surface area contributed by atoms with Crippen LogP contribution in [-0.2, 0) is 15.6 Å². The van der Waals surface area contributed by atoms with Gasteiger partial charge >= 0.3 is 27.3 Å². The van der Waals surface area contributed by atoms with Crippen LogP contribution in [0.4, 0.5) is 0 Å². The van der Waals surface area contributed by atoms with Crippen LogP contribution in [-0.4, -0.2) is 61.7 Å². The minimum Gasteiger partial charge on any atom is -0.744 e. The van der Waals surface area contributed by atoms with Crippen LogP contribution in [0.2, 0.25) is 0 Å². The van der Waals surface area contributed by atoms with Crippen molar-refractivity contribution in [1.29, 1.82) is 0 Å². The summed E-state index contributed by atoms with van der Waals surface area (Å²) in [5.74, 6) is -1.52. The minimum atomic E-state index is -4.60. The fraction of sp³-hybridized carbons (Fsp3) is 0. The molecule has 0 amide bonds. The predicted octanol–water partition coefficient (Wildman–Crippen LogP) is -1.03. The maximum atomic E-state index is 10.4. The van der Waals surface area contributed by atoms with Crippen molar-refractivity contribution in [2.75, 3.05) is 0 Å². The fourth-order valence-electron chi connectivity index (χ4n) is 1.87. The number of carbonyl (C=O) groups excluding carboxylic acids is 1. The molecule has 1 aromatic carbocycles. The van der Waals surface area contributed by atoms with Crippen molar-refractivity contribution in [3.8, 4) is 11.1 Å². The van der Waals surface area contributed by atoms with Crippen LogP contribution in [0.15, 0.2) is 78.2 Å². The molecule has 11 heteroatoms. The number of carboxylic acids is 1. The Bertz CT molecular complexity index is 918. The number of rotatable bonds is 3. The van der Waals surface area contributed by atoms with Gasteiger partial charge in [0.05, 0.1) is 10.9 Å². The molecule has 3 rings (SSSR count). The number of aromatic carboxylic acids is 1. The van der Waals surface area contributed by atoms with Crippen molar-refractivity contribution in [2.24, 2.45) is 0 Å². The Morgan fingerprint density at radius 1 is 0.857 bits per heavy atom. The van der Waals surface area contributed by atoms with Crippen LogP contribution < -0.4 is 5.11 Å². The van der Waals surface area contributed by atoms with Crippen molar-refractivity contribution in [3.05, 3.63) is 78.9 Å².